The van der Waals surface area contributed by atoms with E-state index in [4.69, 9.17) is 11.5 Å². The molecule has 0 saturated heterocycles. The minimum absolute atomic E-state index is 0.00270. The minimum Gasteiger partial charge on any atom is -0.382 e. The zero-order chi connectivity index (χ0) is 22.0. The molecule has 31 heavy (non-hydrogen) atoms. The highest BCUT2D eigenvalue weighted by atomic mass is 19.1. The predicted octanol–water partition coefficient (Wildman–Crippen LogP) is 2.01. The predicted molar refractivity (Wildman–Crippen MR) is 115 cm³/mol. The van der Waals surface area contributed by atoms with Crippen LogP contribution in [-0.4, -0.2) is 26.1 Å². The van der Waals surface area contributed by atoms with Crippen LogP contribution >= 0.6 is 0 Å². The molecule has 0 fully saturated rings. The van der Waals surface area contributed by atoms with Gasteiger partial charge in [-0.3, -0.25) is 9.36 Å². The van der Waals surface area contributed by atoms with Crippen LogP contribution in [0.2, 0.25) is 0 Å². The Morgan fingerprint density at radius 1 is 1.06 bits per heavy atom. The van der Waals surface area contributed by atoms with Gasteiger partial charge < -0.3 is 16.8 Å². The number of anilines is 3. The maximum absolute atomic E-state index is 14.3. The number of para-hydroxylation sites is 2. The molecule has 4 aromatic rings. The lowest BCUT2D eigenvalue weighted by molar-refractivity contribution is 0.634. The van der Waals surface area contributed by atoms with Gasteiger partial charge in [0, 0.05) is 13.0 Å². The van der Waals surface area contributed by atoms with Gasteiger partial charge in [0.15, 0.2) is 5.82 Å². The maximum atomic E-state index is 14.3. The van der Waals surface area contributed by atoms with Gasteiger partial charge in [-0.15, -0.1) is 0 Å². The number of benzene rings is 2. The molecule has 5 N–H and O–H groups in total. The number of hydrogen-bond donors (Lipinski definition) is 3. The zero-order valence-corrected chi connectivity index (χ0v) is 16.2. The van der Waals surface area contributed by atoms with Crippen LogP contribution in [0.1, 0.15) is 11.4 Å². The summed E-state index contributed by atoms with van der Waals surface area (Å²) in [6.45, 7) is 0.226. The Bertz CT molecular complexity index is 1380. The van der Waals surface area contributed by atoms with Gasteiger partial charge in [-0.2, -0.15) is 15.2 Å². The van der Waals surface area contributed by atoms with Crippen LogP contribution in [0.3, 0.4) is 0 Å². The van der Waals surface area contributed by atoms with Crippen LogP contribution in [0.4, 0.5) is 22.0 Å². The van der Waals surface area contributed by atoms with E-state index in [1.54, 1.807) is 30.3 Å². The molecule has 2 aromatic carbocycles. The van der Waals surface area contributed by atoms with Crippen molar-refractivity contribution in [2.75, 3.05) is 23.3 Å². The number of rotatable bonds is 5. The summed E-state index contributed by atoms with van der Waals surface area (Å²) >= 11 is 0. The van der Waals surface area contributed by atoms with E-state index in [1.165, 1.54) is 16.7 Å². The number of nitrogens with zero attached hydrogens (tertiary/aromatic N) is 5. The van der Waals surface area contributed by atoms with E-state index in [-0.39, 0.29) is 52.6 Å². The molecule has 0 aliphatic heterocycles. The Labute approximate surface area is 175 Å². The summed E-state index contributed by atoms with van der Waals surface area (Å²) in [4.78, 5) is 25.4. The number of nitriles is 1. The molecular formula is C21H17FN8O. The molecule has 0 atom stereocenters. The van der Waals surface area contributed by atoms with Crippen molar-refractivity contribution < 1.29 is 4.39 Å². The Kier molecular flexibility index (Phi) is 5.15. The van der Waals surface area contributed by atoms with Crippen molar-refractivity contribution in [3.63, 3.8) is 0 Å². The first-order chi connectivity index (χ1) is 15.0. The Morgan fingerprint density at radius 3 is 2.58 bits per heavy atom. The first-order valence-electron chi connectivity index (χ1n) is 9.32. The molecule has 2 heterocycles. The molecule has 4 rings (SSSR count). The molecule has 0 bridgehead atoms. The van der Waals surface area contributed by atoms with E-state index < -0.39 is 5.82 Å². The largest absolute Gasteiger partial charge is 0.382 e. The fourth-order valence-corrected chi connectivity index (χ4v) is 3.26. The molecule has 2 aromatic heterocycles. The second-order valence-electron chi connectivity index (χ2n) is 6.62. The Morgan fingerprint density at radius 2 is 1.84 bits per heavy atom. The normalized spacial score (nSPS) is 10.7. The summed E-state index contributed by atoms with van der Waals surface area (Å²) in [5.74, 6) is -0.175. The molecule has 0 amide bonds. The number of aromatic nitrogens is 4. The summed E-state index contributed by atoms with van der Waals surface area (Å²) in [6, 6.07) is 15.2. The number of halogens is 1. The van der Waals surface area contributed by atoms with Gasteiger partial charge in [-0.1, -0.05) is 24.3 Å². The lowest BCUT2D eigenvalue weighted by atomic mass is 10.2. The lowest BCUT2D eigenvalue weighted by Crippen LogP contribution is -2.26. The standard InChI is InChI=1S/C21H17FN8O/c22-15-8-4-7-13-17(15)27-16(30(20(13)31)12-5-2-1-3-6-12)9-10-26-19-14(11-23)18(24)28-21(25)29-19/h1-8H,9-10H2,(H5,24,25,26,28,29). The zero-order valence-electron chi connectivity index (χ0n) is 16.2. The quantitative estimate of drug-likeness (QED) is 0.447. The smallest absolute Gasteiger partial charge is 0.266 e. The van der Waals surface area contributed by atoms with Crippen molar-refractivity contribution in [1.82, 2.24) is 19.5 Å². The second kappa shape index (κ2) is 8.08. The van der Waals surface area contributed by atoms with Crippen LogP contribution in [-0.2, 0) is 6.42 Å². The van der Waals surface area contributed by atoms with E-state index in [0.29, 0.717) is 11.5 Å². The fourth-order valence-electron chi connectivity index (χ4n) is 3.26. The molecule has 0 radical (unpaired) electrons. The average molecular weight is 416 g/mol. The maximum Gasteiger partial charge on any atom is 0.266 e. The van der Waals surface area contributed by atoms with Crippen molar-refractivity contribution in [3.8, 4) is 11.8 Å². The van der Waals surface area contributed by atoms with Gasteiger partial charge in [0.2, 0.25) is 5.95 Å². The molecule has 10 heteroatoms. The first kappa shape index (κ1) is 19.8. The number of nitrogen functional groups attached to an aromatic ring is 2. The van der Waals surface area contributed by atoms with Crippen LogP contribution in [0, 0.1) is 17.1 Å². The summed E-state index contributed by atoms with van der Waals surface area (Å²) in [6.07, 6.45) is 0.225. The van der Waals surface area contributed by atoms with Gasteiger partial charge in [0.25, 0.3) is 5.56 Å². The topological polar surface area (TPSA) is 149 Å². The Balaban J connectivity index is 1.75. The monoisotopic (exact) mass is 416 g/mol. The van der Waals surface area contributed by atoms with Crippen molar-refractivity contribution in [1.29, 1.82) is 5.26 Å². The second-order valence-corrected chi connectivity index (χ2v) is 6.62. The van der Waals surface area contributed by atoms with Crippen molar-refractivity contribution in [3.05, 3.63) is 76.1 Å². The molecule has 0 saturated carbocycles. The van der Waals surface area contributed by atoms with Gasteiger partial charge in [0.1, 0.15) is 34.6 Å². The van der Waals surface area contributed by atoms with E-state index in [2.05, 4.69) is 20.3 Å². The highest BCUT2D eigenvalue weighted by Crippen LogP contribution is 2.19. The molecule has 0 spiro atoms. The molecule has 0 unspecified atom stereocenters. The molecule has 154 valence electrons. The van der Waals surface area contributed by atoms with Crippen molar-refractivity contribution >= 4 is 28.5 Å². The lowest BCUT2D eigenvalue weighted by Gasteiger charge is -2.15. The number of nitrogens with one attached hydrogen (secondary N) is 1. The number of nitrogens with two attached hydrogens (primary N) is 2. The highest BCUT2D eigenvalue weighted by Gasteiger charge is 2.16. The fraction of sp³-hybridized carbons (Fsp3) is 0.0952. The van der Waals surface area contributed by atoms with Crippen molar-refractivity contribution in [2.24, 2.45) is 0 Å². The van der Waals surface area contributed by atoms with Gasteiger partial charge >= 0.3 is 0 Å². The molecular weight excluding hydrogens is 399 g/mol. The van der Waals surface area contributed by atoms with Gasteiger partial charge in [0.05, 0.1) is 11.1 Å². The van der Waals surface area contributed by atoms with Crippen LogP contribution in [0.15, 0.2) is 53.3 Å². The molecule has 9 nitrogen and oxygen atoms in total. The SMILES string of the molecule is N#Cc1c(N)nc(N)nc1NCCc1nc2c(F)cccc2c(=O)n1-c1ccccc1. The van der Waals surface area contributed by atoms with Crippen molar-refractivity contribution in [2.45, 2.75) is 6.42 Å². The number of hydrogen-bond acceptors (Lipinski definition) is 8. The van der Waals surface area contributed by atoms with Crippen LogP contribution in [0.5, 0.6) is 0 Å². The van der Waals surface area contributed by atoms with Crippen LogP contribution in [0.25, 0.3) is 16.6 Å². The minimum atomic E-state index is -0.577. The summed E-state index contributed by atoms with van der Waals surface area (Å²) in [5.41, 5.74) is 11.6. The summed E-state index contributed by atoms with van der Waals surface area (Å²) in [7, 11) is 0. The first-order valence-corrected chi connectivity index (χ1v) is 9.32. The van der Waals surface area contributed by atoms with E-state index >= 15 is 0 Å². The van der Waals surface area contributed by atoms with E-state index in [9.17, 15) is 14.4 Å². The Hall–Kier alpha value is -4.52. The summed E-state index contributed by atoms with van der Waals surface area (Å²) in [5, 5.41) is 12.5. The van der Waals surface area contributed by atoms with E-state index in [0.717, 1.165) is 0 Å². The highest BCUT2D eigenvalue weighted by molar-refractivity contribution is 5.78. The molecule has 0 aliphatic carbocycles. The third-order valence-corrected chi connectivity index (χ3v) is 4.64. The van der Waals surface area contributed by atoms with Gasteiger partial charge in [-0.25, -0.2) is 9.37 Å². The van der Waals surface area contributed by atoms with Gasteiger partial charge in [-0.05, 0) is 24.3 Å². The van der Waals surface area contributed by atoms with Crippen LogP contribution < -0.4 is 22.3 Å². The average Bonchev–Trinajstić information content (AvgIpc) is 2.75. The molecule has 0 aliphatic rings. The van der Waals surface area contributed by atoms with E-state index in [1.807, 2.05) is 12.1 Å². The summed E-state index contributed by atoms with van der Waals surface area (Å²) < 4.78 is 15.8. The third kappa shape index (κ3) is 3.72. The number of fused-ring (bicyclic) bond motifs is 1. The third-order valence-electron chi connectivity index (χ3n) is 4.64.